The Hall–Kier alpha value is -0.890. The number of hydrogen-bond acceptors (Lipinski definition) is 4. The Morgan fingerprint density at radius 2 is 1.88 bits per heavy atom. The molecule has 0 heterocycles. The van der Waals surface area contributed by atoms with E-state index < -0.39 is 16.0 Å². The van der Waals surface area contributed by atoms with Crippen molar-refractivity contribution in [1.82, 2.24) is 4.72 Å². The summed E-state index contributed by atoms with van der Waals surface area (Å²) in [6.45, 7) is 0.303. The van der Waals surface area contributed by atoms with Gasteiger partial charge in [0.25, 0.3) is 0 Å². The molecule has 0 aromatic heterocycles. The molecule has 1 N–H and O–H groups in total. The van der Waals surface area contributed by atoms with Crippen LogP contribution in [0.1, 0.15) is 29.0 Å². The minimum Gasteiger partial charge on any atom is -0.550 e. The molecule has 0 radical (unpaired) electrons. The molecule has 1 aliphatic carbocycles. The van der Waals surface area contributed by atoms with Gasteiger partial charge >= 0.3 is 29.6 Å². The maximum atomic E-state index is 12.4. The number of benzene rings is 2. The van der Waals surface area contributed by atoms with Crippen LogP contribution in [0.2, 0.25) is 5.02 Å². The fourth-order valence-electron chi connectivity index (χ4n) is 3.16. The molecule has 2 aromatic carbocycles. The maximum Gasteiger partial charge on any atom is 1.00 e. The van der Waals surface area contributed by atoms with Crippen molar-refractivity contribution in [2.45, 2.75) is 30.1 Å². The number of aliphatic carboxylic acids is 1. The van der Waals surface area contributed by atoms with Crippen LogP contribution in [0.5, 0.6) is 0 Å². The van der Waals surface area contributed by atoms with E-state index in [1.807, 2.05) is 12.1 Å². The van der Waals surface area contributed by atoms with Gasteiger partial charge in [0, 0.05) is 24.0 Å². The first-order valence-corrected chi connectivity index (χ1v) is 9.78. The summed E-state index contributed by atoms with van der Waals surface area (Å²) in [4.78, 5) is 10.9. The molecule has 3 rings (SSSR count). The van der Waals surface area contributed by atoms with Gasteiger partial charge in [0.2, 0.25) is 10.0 Å². The Morgan fingerprint density at radius 3 is 2.54 bits per heavy atom. The van der Waals surface area contributed by atoms with Crippen LogP contribution in [0.15, 0.2) is 47.4 Å². The first-order valence-electron chi connectivity index (χ1n) is 7.92. The average Bonchev–Trinajstić information content (AvgIpc) is 2.95. The predicted octanol–water partition coefficient (Wildman–Crippen LogP) is -1.36. The third-order valence-corrected chi connectivity index (χ3v) is 6.09. The zero-order chi connectivity index (χ0) is 18.0. The van der Waals surface area contributed by atoms with Crippen molar-refractivity contribution in [3.8, 4) is 0 Å². The first-order chi connectivity index (χ1) is 11.8. The van der Waals surface area contributed by atoms with Crippen LogP contribution in [-0.4, -0.2) is 20.9 Å². The summed E-state index contributed by atoms with van der Waals surface area (Å²) in [5.41, 5.74) is 2.86. The number of sulfonamides is 1. The molecule has 26 heavy (non-hydrogen) atoms. The van der Waals surface area contributed by atoms with Crippen LogP contribution in [0.4, 0.5) is 0 Å². The minimum absolute atomic E-state index is 0. The number of nitrogens with one attached hydrogen (secondary N) is 1. The van der Waals surface area contributed by atoms with E-state index in [1.165, 1.54) is 12.1 Å². The standard InChI is InChI=1S/C18H18ClNO4S.Na/c19-15-4-6-16(7-5-15)25(23,24)20-11-14-3-2-13-9-12(10-18(21)22)1-8-17(13)14;/h1,4-9,14,20H,2-3,10-11H2,(H,21,22);/q;+1/p-1. The molecule has 8 heteroatoms. The molecular weight excluding hydrogens is 385 g/mol. The molecular formula is C18H17ClNNaO4S. The predicted molar refractivity (Wildman–Crippen MR) is 92.9 cm³/mol. The summed E-state index contributed by atoms with van der Waals surface area (Å²) in [6.07, 6.45) is 1.53. The fourth-order valence-corrected chi connectivity index (χ4v) is 4.36. The number of rotatable bonds is 6. The van der Waals surface area contributed by atoms with Crippen LogP contribution in [-0.2, 0) is 27.7 Å². The Labute approximate surface area is 180 Å². The summed E-state index contributed by atoms with van der Waals surface area (Å²) in [7, 11) is -3.59. The number of hydrogen-bond donors (Lipinski definition) is 1. The van der Waals surface area contributed by atoms with Crippen LogP contribution in [0.3, 0.4) is 0 Å². The van der Waals surface area contributed by atoms with Crippen LogP contribution in [0, 0.1) is 0 Å². The summed E-state index contributed by atoms with van der Waals surface area (Å²) in [5.74, 6) is -1.03. The van der Waals surface area contributed by atoms with Gasteiger partial charge in [-0.25, -0.2) is 13.1 Å². The third kappa shape index (κ3) is 5.09. The molecule has 1 aliphatic rings. The molecule has 5 nitrogen and oxygen atoms in total. The topological polar surface area (TPSA) is 86.3 Å². The largest absolute Gasteiger partial charge is 1.00 e. The molecule has 1 unspecified atom stereocenters. The molecule has 0 aliphatic heterocycles. The second kappa shape index (κ2) is 8.87. The van der Waals surface area contributed by atoms with Gasteiger partial charge in [0.05, 0.1) is 4.90 Å². The van der Waals surface area contributed by atoms with E-state index in [-0.39, 0.29) is 46.8 Å². The zero-order valence-corrected chi connectivity index (χ0v) is 17.9. The van der Waals surface area contributed by atoms with Crippen molar-refractivity contribution < 1.29 is 47.9 Å². The molecule has 0 fully saturated rings. The SMILES string of the molecule is O=C([O-])Cc1ccc2c(c1)CCC2CNS(=O)(=O)c1ccc(Cl)cc1.[Na+]. The summed E-state index contributed by atoms with van der Waals surface area (Å²) in [5, 5.41) is 11.2. The maximum absolute atomic E-state index is 12.4. The van der Waals surface area contributed by atoms with Gasteiger partial charge < -0.3 is 9.90 Å². The molecule has 2 aromatic rings. The van der Waals surface area contributed by atoms with Crippen molar-refractivity contribution in [3.63, 3.8) is 0 Å². The normalized spacial score (nSPS) is 16.0. The molecule has 1 atom stereocenters. The van der Waals surface area contributed by atoms with Gasteiger partial charge in [-0.2, -0.15) is 0 Å². The molecule has 0 bridgehead atoms. The molecule has 0 saturated heterocycles. The van der Waals surface area contributed by atoms with Crippen molar-refractivity contribution >= 4 is 27.6 Å². The first kappa shape index (κ1) is 21.4. The van der Waals surface area contributed by atoms with Crippen molar-refractivity contribution in [3.05, 3.63) is 64.2 Å². The Kier molecular flexibility index (Phi) is 7.30. The number of carboxylic acids is 1. The van der Waals surface area contributed by atoms with Gasteiger partial charge in [-0.15, -0.1) is 0 Å². The number of carboxylic acid groups (broad SMARTS) is 1. The van der Waals surface area contributed by atoms with Crippen molar-refractivity contribution in [2.75, 3.05) is 6.54 Å². The zero-order valence-electron chi connectivity index (χ0n) is 14.4. The Bertz CT molecular complexity index is 900. The molecule has 0 amide bonds. The Morgan fingerprint density at radius 1 is 1.19 bits per heavy atom. The number of carbonyl (C=O) groups excluding carboxylic acids is 1. The van der Waals surface area contributed by atoms with E-state index in [0.29, 0.717) is 17.1 Å². The monoisotopic (exact) mass is 401 g/mol. The van der Waals surface area contributed by atoms with E-state index in [4.69, 9.17) is 11.6 Å². The summed E-state index contributed by atoms with van der Waals surface area (Å²) in [6, 6.07) is 11.6. The van der Waals surface area contributed by atoms with E-state index in [0.717, 1.165) is 24.0 Å². The van der Waals surface area contributed by atoms with E-state index in [1.54, 1.807) is 18.2 Å². The van der Waals surface area contributed by atoms with E-state index in [9.17, 15) is 18.3 Å². The van der Waals surface area contributed by atoms with Gasteiger partial charge in [0.1, 0.15) is 0 Å². The molecule has 0 saturated carbocycles. The van der Waals surface area contributed by atoms with Crippen LogP contribution >= 0.6 is 11.6 Å². The van der Waals surface area contributed by atoms with Gasteiger partial charge in [0.15, 0.2) is 0 Å². The second-order valence-electron chi connectivity index (χ2n) is 6.12. The molecule has 0 spiro atoms. The average molecular weight is 402 g/mol. The molecule has 132 valence electrons. The van der Waals surface area contributed by atoms with Crippen molar-refractivity contribution in [1.29, 1.82) is 0 Å². The summed E-state index contributed by atoms with van der Waals surface area (Å²) < 4.78 is 27.4. The van der Waals surface area contributed by atoms with Gasteiger partial charge in [-0.3, -0.25) is 0 Å². The quantitative estimate of drug-likeness (QED) is 0.606. The van der Waals surface area contributed by atoms with Crippen LogP contribution in [0.25, 0.3) is 0 Å². The second-order valence-corrected chi connectivity index (χ2v) is 8.33. The smallest absolute Gasteiger partial charge is 0.550 e. The minimum atomic E-state index is -3.59. The number of halogens is 1. The number of carbonyl (C=O) groups is 1. The van der Waals surface area contributed by atoms with E-state index in [2.05, 4.69) is 4.72 Å². The Balaban J connectivity index is 0.00000243. The van der Waals surface area contributed by atoms with Gasteiger partial charge in [-0.05, 0) is 59.7 Å². The van der Waals surface area contributed by atoms with Crippen LogP contribution < -0.4 is 39.4 Å². The third-order valence-electron chi connectivity index (χ3n) is 4.40. The van der Waals surface area contributed by atoms with E-state index >= 15 is 0 Å². The summed E-state index contributed by atoms with van der Waals surface area (Å²) >= 11 is 5.79. The number of aryl methyl sites for hydroxylation is 1. The number of fused-ring (bicyclic) bond motifs is 1. The fraction of sp³-hybridized carbons (Fsp3) is 0.278. The van der Waals surface area contributed by atoms with Crippen molar-refractivity contribution in [2.24, 2.45) is 0 Å². The van der Waals surface area contributed by atoms with Gasteiger partial charge in [-0.1, -0.05) is 29.8 Å².